The smallest absolute Gasteiger partial charge is 0.319 e. The number of nitrogens with one attached hydrogen (secondary N) is 2. The van der Waals surface area contributed by atoms with Crippen LogP contribution >= 0.6 is 0 Å². The van der Waals surface area contributed by atoms with Gasteiger partial charge in [-0.25, -0.2) is 4.79 Å². The topological polar surface area (TPSA) is 107 Å². The Kier molecular flexibility index (Phi) is 9.70. The minimum atomic E-state index is -0.234. The molecule has 1 saturated heterocycles. The Hall–Kier alpha value is -4.15. The summed E-state index contributed by atoms with van der Waals surface area (Å²) in [5.41, 5.74) is 5.88. The second-order valence-corrected chi connectivity index (χ2v) is 14.2. The average molecular weight is 640 g/mol. The molecule has 2 amide bonds. The Bertz CT molecular complexity index is 1700. The number of carbonyl (C=O) groups excluding carboxylic acids is 1. The van der Waals surface area contributed by atoms with Crippen molar-refractivity contribution in [3.05, 3.63) is 83.0 Å². The number of pyridine rings is 1. The number of carbonyl (C=O) groups is 1. The molecule has 10 nitrogen and oxygen atoms in total. The average Bonchev–Trinajstić information content (AvgIpc) is 3.45. The third kappa shape index (κ3) is 7.55. The van der Waals surface area contributed by atoms with Crippen LogP contribution in [0.5, 0.6) is 5.75 Å². The van der Waals surface area contributed by atoms with Crippen molar-refractivity contribution in [1.29, 1.82) is 0 Å². The number of hydrogen-bond donors (Lipinski definition) is 3. The number of benzene rings is 2. The van der Waals surface area contributed by atoms with Crippen LogP contribution in [-0.2, 0) is 12.0 Å². The molecule has 47 heavy (non-hydrogen) atoms. The van der Waals surface area contributed by atoms with Gasteiger partial charge in [-0.1, -0.05) is 51.1 Å². The van der Waals surface area contributed by atoms with Crippen LogP contribution in [-0.4, -0.2) is 63.4 Å². The van der Waals surface area contributed by atoms with E-state index in [0.29, 0.717) is 19.1 Å². The number of urea groups is 1. The van der Waals surface area contributed by atoms with E-state index in [2.05, 4.69) is 82.6 Å². The molecule has 2 aliphatic rings. The van der Waals surface area contributed by atoms with Gasteiger partial charge >= 0.3 is 6.03 Å². The molecule has 0 spiro atoms. The maximum absolute atomic E-state index is 13.4. The summed E-state index contributed by atoms with van der Waals surface area (Å²) in [5, 5.41) is 24.7. The standard InChI is InChI=1S/C37H49N7O3/c1-25-10-8-9-17-43(25)36-41-40-34-16-13-29(24-44(34)36)47-33-15-14-32(30-11-6-7-12-31(30)33)39-35(46)38-28-21-26(23-42(5)18-19-45)20-27(22-28)37(2,3)4/h6-7,11-13,16,20-22,24-25,32-33,45H,8-10,14-15,17-19,23H2,1-5H3,(H2,38,39,46)/t25?,32-,33+/m0/s1. The van der Waals surface area contributed by atoms with Crippen molar-refractivity contribution in [3.63, 3.8) is 0 Å². The summed E-state index contributed by atoms with van der Waals surface area (Å²) in [6, 6.07) is 18.5. The van der Waals surface area contributed by atoms with Gasteiger partial charge in [0.15, 0.2) is 5.65 Å². The summed E-state index contributed by atoms with van der Waals surface area (Å²) >= 11 is 0. The second-order valence-electron chi connectivity index (χ2n) is 14.2. The Labute approximate surface area is 278 Å². The van der Waals surface area contributed by atoms with E-state index >= 15 is 0 Å². The van der Waals surface area contributed by atoms with E-state index in [1.54, 1.807) is 0 Å². The molecule has 0 radical (unpaired) electrons. The van der Waals surface area contributed by atoms with Gasteiger partial charge in [0, 0.05) is 31.4 Å². The van der Waals surface area contributed by atoms with Crippen LogP contribution in [0.25, 0.3) is 5.65 Å². The summed E-state index contributed by atoms with van der Waals surface area (Å²) in [6.45, 7) is 11.1. The summed E-state index contributed by atoms with van der Waals surface area (Å²) < 4.78 is 8.69. The van der Waals surface area contributed by atoms with Crippen LogP contribution in [0.2, 0.25) is 0 Å². The predicted octanol–water partition coefficient (Wildman–Crippen LogP) is 6.61. The van der Waals surface area contributed by atoms with Gasteiger partial charge in [-0.3, -0.25) is 9.30 Å². The van der Waals surface area contributed by atoms with Crippen LogP contribution in [0.1, 0.15) is 94.2 Å². The fraction of sp³-hybridized carbons (Fsp3) is 0.486. The predicted molar refractivity (Wildman–Crippen MR) is 186 cm³/mol. The molecule has 0 bridgehead atoms. The highest BCUT2D eigenvalue weighted by Gasteiger charge is 2.30. The molecule has 1 unspecified atom stereocenters. The second kappa shape index (κ2) is 13.9. The Morgan fingerprint density at radius 1 is 1.04 bits per heavy atom. The third-order valence-corrected chi connectivity index (χ3v) is 9.49. The largest absolute Gasteiger partial charge is 0.484 e. The zero-order valence-electron chi connectivity index (χ0n) is 28.4. The minimum Gasteiger partial charge on any atom is -0.484 e. The van der Waals surface area contributed by atoms with E-state index in [4.69, 9.17) is 4.74 Å². The molecule has 2 aromatic carbocycles. The fourth-order valence-corrected chi connectivity index (χ4v) is 6.88. The monoisotopic (exact) mass is 639 g/mol. The van der Waals surface area contributed by atoms with Crippen LogP contribution in [0.3, 0.4) is 0 Å². The number of nitrogens with zero attached hydrogens (tertiary/aromatic N) is 5. The first-order valence-corrected chi connectivity index (χ1v) is 17.0. The highest BCUT2D eigenvalue weighted by molar-refractivity contribution is 5.89. The van der Waals surface area contributed by atoms with E-state index in [1.807, 2.05) is 48.0 Å². The molecule has 3 atom stereocenters. The third-order valence-electron chi connectivity index (χ3n) is 9.49. The van der Waals surface area contributed by atoms with Crippen LogP contribution in [0, 0.1) is 0 Å². The first-order chi connectivity index (χ1) is 22.6. The lowest BCUT2D eigenvalue weighted by Gasteiger charge is -2.33. The molecular weight excluding hydrogens is 590 g/mol. The zero-order valence-corrected chi connectivity index (χ0v) is 28.4. The molecule has 2 aromatic heterocycles. The lowest BCUT2D eigenvalue weighted by Crippen LogP contribution is -2.38. The molecule has 1 aliphatic heterocycles. The summed E-state index contributed by atoms with van der Waals surface area (Å²) in [7, 11) is 1.98. The van der Waals surface area contributed by atoms with Crippen LogP contribution < -0.4 is 20.3 Å². The lowest BCUT2D eigenvalue weighted by atomic mass is 9.85. The van der Waals surface area contributed by atoms with E-state index in [0.717, 1.165) is 77.5 Å². The van der Waals surface area contributed by atoms with E-state index < -0.39 is 0 Å². The molecule has 4 aromatic rings. The highest BCUT2D eigenvalue weighted by atomic mass is 16.5. The van der Waals surface area contributed by atoms with Gasteiger partial charge in [0.05, 0.1) is 18.8 Å². The maximum Gasteiger partial charge on any atom is 0.319 e. The number of rotatable bonds is 9. The molecular formula is C37H49N7O3. The highest BCUT2D eigenvalue weighted by Crippen LogP contribution is 2.39. The molecule has 1 aliphatic carbocycles. The van der Waals surface area contributed by atoms with Crippen molar-refractivity contribution in [2.24, 2.45) is 0 Å². The van der Waals surface area contributed by atoms with E-state index in [1.165, 1.54) is 6.42 Å². The Morgan fingerprint density at radius 3 is 2.62 bits per heavy atom. The first kappa shape index (κ1) is 32.8. The van der Waals surface area contributed by atoms with Crippen molar-refractivity contribution in [2.75, 3.05) is 37.0 Å². The van der Waals surface area contributed by atoms with Gasteiger partial charge < -0.3 is 25.4 Å². The van der Waals surface area contributed by atoms with Gasteiger partial charge in [-0.05, 0) is 98.0 Å². The maximum atomic E-state index is 13.4. The van der Waals surface area contributed by atoms with Crippen molar-refractivity contribution in [2.45, 2.75) is 89.9 Å². The number of hydrogen-bond acceptors (Lipinski definition) is 7. The quantitative estimate of drug-likeness (QED) is 0.189. The molecule has 250 valence electrons. The van der Waals surface area contributed by atoms with Gasteiger partial charge in [0.25, 0.3) is 0 Å². The number of anilines is 2. The Morgan fingerprint density at radius 2 is 1.85 bits per heavy atom. The minimum absolute atomic E-state index is 0.0811. The van der Waals surface area contributed by atoms with E-state index in [9.17, 15) is 9.90 Å². The molecule has 6 rings (SSSR count). The molecule has 3 heterocycles. The molecule has 3 N–H and O–H groups in total. The van der Waals surface area contributed by atoms with Crippen LogP contribution in [0.4, 0.5) is 16.4 Å². The molecule has 1 fully saturated rings. The van der Waals surface area contributed by atoms with Gasteiger partial charge in [-0.2, -0.15) is 0 Å². The molecule has 0 saturated carbocycles. The fourth-order valence-electron chi connectivity index (χ4n) is 6.88. The van der Waals surface area contributed by atoms with Crippen molar-refractivity contribution in [1.82, 2.24) is 24.8 Å². The lowest BCUT2D eigenvalue weighted by molar-refractivity contribution is 0.171. The summed E-state index contributed by atoms with van der Waals surface area (Å²) in [4.78, 5) is 17.8. The first-order valence-electron chi connectivity index (χ1n) is 17.0. The zero-order chi connectivity index (χ0) is 33.1. The number of fused-ring (bicyclic) bond motifs is 2. The van der Waals surface area contributed by atoms with Crippen molar-refractivity contribution in [3.8, 4) is 5.75 Å². The van der Waals surface area contributed by atoms with Crippen molar-refractivity contribution >= 4 is 23.3 Å². The number of ether oxygens (including phenoxy) is 1. The number of aromatic nitrogens is 3. The van der Waals surface area contributed by atoms with E-state index in [-0.39, 0.29) is 30.2 Å². The van der Waals surface area contributed by atoms with Gasteiger partial charge in [0.1, 0.15) is 11.9 Å². The summed E-state index contributed by atoms with van der Waals surface area (Å²) in [5.74, 6) is 1.64. The normalized spacial score (nSPS) is 19.9. The van der Waals surface area contributed by atoms with Crippen LogP contribution in [0.15, 0.2) is 60.8 Å². The van der Waals surface area contributed by atoms with Gasteiger partial charge in [0.2, 0.25) is 5.95 Å². The van der Waals surface area contributed by atoms with Crippen molar-refractivity contribution < 1.29 is 14.6 Å². The van der Waals surface area contributed by atoms with Gasteiger partial charge in [-0.15, -0.1) is 10.2 Å². The number of aliphatic hydroxyl groups is 1. The number of likely N-dealkylation sites (N-methyl/N-ethyl adjacent to an activating group) is 1. The number of piperidine rings is 1. The molecule has 10 heteroatoms. The summed E-state index contributed by atoms with van der Waals surface area (Å²) in [6.07, 6.45) is 6.95. The number of aliphatic hydroxyl groups excluding tert-OH is 1. The SMILES string of the molecule is CC1CCCCN1c1nnc2ccc(O[C@@H]3CC[C@H](NC(=O)Nc4cc(CN(C)CCO)cc(C(C)(C)C)c4)c4ccccc43)cn12. The number of amides is 2. The Balaban J connectivity index is 1.17.